The average Bonchev–Trinajstić information content (AvgIpc) is 2.82. The molecule has 0 saturated heterocycles. The molecule has 1 atom stereocenters. The topological polar surface area (TPSA) is 29.9 Å². The lowest BCUT2D eigenvalue weighted by Gasteiger charge is -2.18. The van der Waals surface area contributed by atoms with Crippen LogP contribution in [0.3, 0.4) is 0 Å². The van der Waals surface area contributed by atoms with Crippen LogP contribution in [0.15, 0.2) is 36.7 Å². The fraction of sp³-hybridized carbons (Fsp3) is 0.357. The van der Waals surface area contributed by atoms with Crippen LogP contribution in [0.2, 0.25) is 5.02 Å². The van der Waals surface area contributed by atoms with Crippen LogP contribution in [-0.2, 0) is 6.54 Å². The molecule has 1 aromatic carbocycles. The fourth-order valence-corrected chi connectivity index (χ4v) is 2.24. The lowest BCUT2D eigenvalue weighted by atomic mass is 10.1. The van der Waals surface area contributed by atoms with Gasteiger partial charge >= 0.3 is 0 Å². The molecule has 18 heavy (non-hydrogen) atoms. The predicted molar refractivity (Wildman–Crippen MR) is 74.9 cm³/mol. The van der Waals surface area contributed by atoms with Gasteiger partial charge in [-0.2, -0.15) is 0 Å². The Labute approximate surface area is 113 Å². The summed E-state index contributed by atoms with van der Waals surface area (Å²) in [4.78, 5) is 4.47. The number of imidazole rings is 1. The maximum absolute atomic E-state index is 5.92. The van der Waals surface area contributed by atoms with Gasteiger partial charge in [0.2, 0.25) is 0 Å². The summed E-state index contributed by atoms with van der Waals surface area (Å²) in [6.07, 6.45) is 4.98. The van der Waals surface area contributed by atoms with Crippen molar-refractivity contribution in [2.24, 2.45) is 0 Å². The number of rotatable bonds is 5. The van der Waals surface area contributed by atoms with E-state index in [-0.39, 0.29) is 6.04 Å². The van der Waals surface area contributed by atoms with Gasteiger partial charge in [0.05, 0.1) is 6.04 Å². The minimum Gasteiger partial charge on any atom is -0.333 e. The van der Waals surface area contributed by atoms with Gasteiger partial charge in [-0.05, 0) is 31.2 Å². The molecule has 4 heteroatoms. The van der Waals surface area contributed by atoms with E-state index in [0.717, 1.165) is 23.8 Å². The first-order valence-electron chi connectivity index (χ1n) is 6.20. The Morgan fingerprint density at radius 1 is 1.33 bits per heavy atom. The molecule has 2 rings (SSSR count). The van der Waals surface area contributed by atoms with Crippen molar-refractivity contribution < 1.29 is 0 Å². The van der Waals surface area contributed by atoms with E-state index in [1.54, 1.807) is 0 Å². The molecule has 1 N–H and O–H groups in total. The van der Waals surface area contributed by atoms with E-state index in [1.807, 2.05) is 43.7 Å². The molecule has 0 aliphatic heterocycles. The number of aromatic nitrogens is 2. The zero-order chi connectivity index (χ0) is 13.0. The van der Waals surface area contributed by atoms with Crippen LogP contribution in [0.1, 0.15) is 30.8 Å². The molecule has 2 aromatic rings. The molecule has 1 aromatic heterocycles. The number of halogens is 1. The molecule has 0 spiro atoms. The van der Waals surface area contributed by atoms with Gasteiger partial charge in [0.25, 0.3) is 0 Å². The Balaban J connectivity index is 2.32. The third-order valence-corrected chi connectivity index (χ3v) is 3.21. The molecule has 0 saturated carbocycles. The highest BCUT2D eigenvalue weighted by Crippen LogP contribution is 2.22. The van der Waals surface area contributed by atoms with Gasteiger partial charge in [0.15, 0.2) is 0 Å². The largest absolute Gasteiger partial charge is 0.333 e. The molecule has 0 bridgehead atoms. The predicted octanol–water partition coefficient (Wildman–Crippen LogP) is 3.26. The summed E-state index contributed by atoms with van der Waals surface area (Å²) >= 11 is 5.92. The van der Waals surface area contributed by atoms with E-state index < -0.39 is 0 Å². The van der Waals surface area contributed by atoms with Crippen LogP contribution in [0, 0.1) is 0 Å². The Kier molecular flexibility index (Phi) is 4.39. The normalized spacial score (nSPS) is 12.6. The third-order valence-electron chi connectivity index (χ3n) is 2.96. The third kappa shape index (κ3) is 2.74. The monoisotopic (exact) mass is 263 g/mol. The van der Waals surface area contributed by atoms with Crippen molar-refractivity contribution in [2.75, 3.05) is 7.05 Å². The molecular formula is C14H18ClN3. The SMILES string of the molecule is CCCn1ccnc1C(NC)c1ccc(Cl)cc1. The summed E-state index contributed by atoms with van der Waals surface area (Å²) in [5.74, 6) is 1.04. The van der Waals surface area contributed by atoms with Crippen molar-refractivity contribution >= 4 is 11.6 Å². The highest BCUT2D eigenvalue weighted by molar-refractivity contribution is 6.30. The van der Waals surface area contributed by atoms with Crippen LogP contribution < -0.4 is 5.32 Å². The van der Waals surface area contributed by atoms with Crippen molar-refractivity contribution in [3.05, 3.63) is 53.1 Å². The summed E-state index contributed by atoms with van der Waals surface area (Å²) < 4.78 is 2.19. The maximum Gasteiger partial charge on any atom is 0.130 e. The summed E-state index contributed by atoms with van der Waals surface area (Å²) in [7, 11) is 1.95. The number of nitrogens with one attached hydrogen (secondary N) is 1. The van der Waals surface area contributed by atoms with Crippen LogP contribution >= 0.6 is 11.6 Å². The minimum atomic E-state index is 0.101. The molecule has 0 radical (unpaired) electrons. The first-order chi connectivity index (χ1) is 8.76. The van der Waals surface area contributed by atoms with E-state index in [9.17, 15) is 0 Å². The second kappa shape index (κ2) is 6.03. The van der Waals surface area contributed by atoms with Gasteiger partial charge in [-0.3, -0.25) is 0 Å². The Hall–Kier alpha value is -1.32. The number of nitrogens with zero attached hydrogens (tertiary/aromatic N) is 2. The summed E-state index contributed by atoms with van der Waals surface area (Å²) in [5.41, 5.74) is 1.17. The average molecular weight is 264 g/mol. The second-order valence-electron chi connectivity index (χ2n) is 4.25. The second-order valence-corrected chi connectivity index (χ2v) is 4.69. The summed E-state index contributed by atoms with van der Waals surface area (Å²) in [6.45, 7) is 3.15. The van der Waals surface area contributed by atoms with E-state index in [1.165, 1.54) is 5.56 Å². The Morgan fingerprint density at radius 2 is 2.06 bits per heavy atom. The van der Waals surface area contributed by atoms with Crippen molar-refractivity contribution in [1.29, 1.82) is 0 Å². The zero-order valence-electron chi connectivity index (χ0n) is 10.7. The molecule has 0 amide bonds. The standard InChI is InChI=1S/C14H18ClN3/c1-3-9-18-10-8-17-14(18)13(16-2)11-4-6-12(15)7-5-11/h4-8,10,13,16H,3,9H2,1-2H3. The first-order valence-corrected chi connectivity index (χ1v) is 6.57. The van der Waals surface area contributed by atoms with E-state index in [4.69, 9.17) is 11.6 Å². The Morgan fingerprint density at radius 3 is 2.67 bits per heavy atom. The zero-order valence-corrected chi connectivity index (χ0v) is 11.5. The van der Waals surface area contributed by atoms with Crippen LogP contribution in [-0.4, -0.2) is 16.6 Å². The van der Waals surface area contributed by atoms with Crippen molar-refractivity contribution in [3.63, 3.8) is 0 Å². The molecule has 0 fully saturated rings. The number of hydrogen-bond acceptors (Lipinski definition) is 2. The van der Waals surface area contributed by atoms with Gasteiger partial charge in [0, 0.05) is 24.0 Å². The molecule has 96 valence electrons. The van der Waals surface area contributed by atoms with Crippen molar-refractivity contribution in [2.45, 2.75) is 25.9 Å². The van der Waals surface area contributed by atoms with Crippen LogP contribution in [0.4, 0.5) is 0 Å². The summed E-state index contributed by atoms with van der Waals surface area (Å²) in [6, 6.07) is 8.00. The lowest BCUT2D eigenvalue weighted by Crippen LogP contribution is -2.22. The number of benzene rings is 1. The highest BCUT2D eigenvalue weighted by atomic mass is 35.5. The van der Waals surface area contributed by atoms with Crippen molar-refractivity contribution in [3.8, 4) is 0 Å². The van der Waals surface area contributed by atoms with Crippen molar-refractivity contribution in [1.82, 2.24) is 14.9 Å². The van der Waals surface area contributed by atoms with Gasteiger partial charge < -0.3 is 9.88 Å². The smallest absolute Gasteiger partial charge is 0.130 e. The molecule has 1 unspecified atom stereocenters. The van der Waals surface area contributed by atoms with E-state index >= 15 is 0 Å². The van der Waals surface area contributed by atoms with E-state index in [2.05, 4.69) is 21.8 Å². The van der Waals surface area contributed by atoms with Crippen LogP contribution in [0.25, 0.3) is 0 Å². The first kappa shape index (κ1) is 13.1. The van der Waals surface area contributed by atoms with Gasteiger partial charge in [-0.1, -0.05) is 30.7 Å². The van der Waals surface area contributed by atoms with Gasteiger partial charge in [-0.15, -0.1) is 0 Å². The summed E-state index contributed by atoms with van der Waals surface area (Å²) in [5, 5.41) is 4.07. The molecular weight excluding hydrogens is 246 g/mol. The highest BCUT2D eigenvalue weighted by Gasteiger charge is 2.16. The van der Waals surface area contributed by atoms with E-state index in [0.29, 0.717) is 0 Å². The Bertz CT molecular complexity index is 490. The molecule has 1 heterocycles. The molecule has 0 aliphatic carbocycles. The lowest BCUT2D eigenvalue weighted by molar-refractivity contribution is 0.568. The quantitative estimate of drug-likeness (QED) is 0.897. The minimum absolute atomic E-state index is 0.101. The van der Waals surface area contributed by atoms with Gasteiger partial charge in [-0.25, -0.2) is 4.98 Å². The fourth-order valence-electron chi connectivity index (χ4n) is 2.11. The number of hydrogen-bond donors (Lipinski definition) is 1. The van der Waals surface area contributed by atoms with Gasteiger partial charge in [0.1, 0.15) is 5.82 Å². The molecule has 0 aliphatic rings. The molecule has 3 nitrogen and oxygen atoms in total. The number of aryl methyl sites for hydroxylation is 1. The van der Waals surface area contributed by atoms with Crippen LogP contribution in [0.5, 0.6) is 0 Å². The maximum atomic E-state index is 5.92.